The highest BCUT2D eigenvalue weighted by molar-refractivity contribution is 5.47. The summed E-state index contributed by atoms with van der Waals surface area (Å²) in [7, 11) is 0. The number of nitrogens with two attached hydrogens (primary N) is 1. The Morgan fingerprint density at radius 1 is 1.85 bits per heavy atom. The van der Waals surface area contributed by atoms with Crippen LogP contribution in [-0.2, 0) is 0 Å². The van der Waals surface area contributed by atoms with Gasteiger partial charge in [0.2, 0.25) is 0 Å². The van der Waals surface area contributed by atoms with Crippen LogP contribution in [-0.4, -0.2) is 21.2 Å². The molecule has 6 heteroatoms. The van der Waals surface area contributed by atoms with E-state index in [-0.39, 0.29) is 11.9 Å². The Hall–Kier alpha value is -1.69. The molecule has 70 valence electrons. The summed E-state index contributed by atoms with van der Waals surface area (Å²) in [4.78, 5) is 9.71. The van der Waals surface area contributed by atoms with Crippen molar-refractivity contribution < 1.29 is 4.92 Å². The van der Waals surface area contributed by atoms with E-state index in [1.165, 1.54) is 6.07 Å². The molecule has 3 N–H and O–H groups in total. The van der Waals surface area contributed by atoms with Gasteiger partial charge in [-0.2, -0.15) is 0 Å². The third-order valence-corrected chi connectivity index (χ3v) is 1.35. The lowest BCUT2D eigenvalue weighted by Gasteiger charge is -1.90. The first-order valence-corrected chi connectivity index (χ1v) is 3.73. The summed E-state index contributed by atoms with van der Waals surface area (Å²) in [5, 5.41) is 16.2. The highest BCUT2D eigenvalue weighted by Crippen LogP contribution is 2.08. The van der Waals surface area contributed by atoms with Crippen molar-refractivity contribution in [1.29, 1.82) is 0 Å². The van der Waals surface area contributed by atoms with Gasteiger partial charge in [0.15, 0.2) is 0 Å². The van der Waals surface area contributed by atoms with E-state index in [9.17, 15) is 10.1 Å². The highest BCUT2D eigenvalue weighted by Gasteiger charge is 2.06. The molecule has 0 aliphatic heterocycles. The van der Waals surface area contributed by atoms with Gasteiger partial charge in [0.05, 0.1) is 6.07 Å². The maximum absolute atomic E-state index is 10.2. The van der Waals surface area contributed by atoms with Gasteiger partial charge in [-0.05, 0) is 17.9 Å². The smallest absolute Gasteiger partial charge is 0.343 e. The number of hydrogen-bond donors (Lipinski definition) is 2. The van der Waals surface area contributed by atoms with Crippen LogP contribution in [0.15, 0.2) is 12.1 Å². The molecular weight excluding hydrogens is 172 g/mol. The first kappa shape index (κ1) is 9.40. The Morgan fingerprint density at radius 2 is 2.54 bits per heavy atom. The maximum Gasteiger partial charge on any atom is 0.343 e. The van der Waals surface area contributed by atoms with Crippen molar-refractivity contribution in [3.05, 3.63) is 28.0 Å². The van der Waals surface area contributed by atoms with Crippen LogP contribution in [0.1, 0.15) is 12.6 Å². The molecule has 0 aromatic carbocycles. The highest BCUT2D eigenvalue weighted by atomic mass is 16.6. The van der Waals surface area contributed by atoms with Gasteiger partial charge in [0, 0.05) is 6.04 Å². The number of rotatable bonds is 3. The monoisotopic (exact) mass is 182 g/mol. The molecule has 1 rings (SSSR count). The van der Waals surface area contributed by atoms with Crippen molar-refractivity contribution in [2.24, 2.45) is 5.73 Å². The average molecular weight is 182 g/mol. The fraction of sp³-hybridized carbons (Fsp3) is 0.286. The summed E-state index contributed by atoms with van der Waals surface area (Å²) >= 11 is 0. The van der Waals surface area contributed by atoms with Crippen molar-refractivity contribution >= 4 is 11.9 Å². The number of nitrogens with one attached hydrogen (secondary N) is 1. The van der Waals surface area contributed by atoms with Gasteiger partial charge in [-0.15, -0.1) is 5.10 Å². The second-order valence-corrected chi connectivity index (χ2v) is 2.65. The van der Waals surface area contributed by atoms with E-state index < -0.39 is 4.92 Å². The van der Waals surface area contributed by atoms with Crippen LogP contribution >= 0.6 is 0 Å². The Morgan fingerprint density at radius 3 is 3.00 bits per heavy atom. The Balaban J connectivity index is 2.75. The van der Waals surface area contributed by atoms with Crippen LogP contribution in [0.4, 0.5) is 5.82 Å². The zero-order valence-corrected chi connectivity index (χ0v) is 7.10. The predicted molar refractivity (Wildman–Crippen MR) is 47.9 cm³/mol. The van der Waals surface area contributed by atoms with Crippen molar-refractivity contribution in [2.45, 2.75) is 13.0 Å². The lowest BCUT2D eigenvalue weighted by Crippen LogP contribution is -2.09. The summed E-state index contributed by atoms with van der Waals surface area (Å²) in [6, 6.07) is 1.26. The van der Waals surface area contributed by atoms with Crippen molar-refractivity contribution in [2.75, 3.05) is 0 Å². The number of hydrogen-bond acceptors (Lipinski definition) is 4. The average Bonchev–Trinajstić information content (AvgIpc) is 2.48. The van der Waals surface area contributed by atoms with Gasteiger partial charge >= 0.3 is 5.82 Å². The molecule has 0 fully saturated rings. The molecule has 13 heavy (non-hydrogen) atoms. The summed E-state index contributed by atoms with van der Waals surface area (Å²) < 4.78 is 0. The largest absolute Gasteiger partial charge is 0.358 e. The van der Waals surface area contributed by atoms with E-state index in [1.807, 2.05) is 0 Å². The molecule has 0 saturated heterocycles. The SMILES string of the molecule is CC(N)/C=C/c1cc([N+](=O)[O-])[nH]n1. The van der Waals surface area contributed by atoms with Gasteiger partial charge < -0.3 is 15.8 Å². The summed E-state index contributed by atoms with van der Waals surface area (Å²) in [6.45, 7) is 1.80. The van der Waals surface area contributed by atoms with Crippen molar-refractivity contribution in [3.63, 3.8) is 0 Å². The molecule has 1 heterocycles. The van der Waals surface area contributed by atoms with Gasteiger partial charge in [-0.3, -0.25) is 0 Å². The molecule has 0 saturated carbocycles. The molecule has 1 aromatic heterocycles. The second kappa shape index (κ2) is 3.81. The van der Waals surface area contributed by atoms with Crippen molar-refractivity contribution in [1.82, 2.24) is 10.2 Å². The lowest BCUT2D eigenvalue weighted by molar-refractivity contribution is -0.389. The summed E-state index contributed by atoms with van der Waals surface area (Å²) in [5.74, 6) is -0.121. The fourth-order valence-corrected chi connectivity index (χ4v) is 0.756. The van der Waals surface area contributed by atoms with E-state index in [2.05, 4.69) is 10.2 Å². The number of nitro groups is 1. The fourth-order valence-electron chi connectivity index (χ4n) is 0.756. The Kier molecular flexibility index (Phi) is 2.76. The minimum absolute atomic E-state index is 0.0873. The molecular formula is C7H10N4O2. The number of aromatic amines is 1. The Bertz CT molecular complexity index is 329. The molecule has 0 aliphatic rings. The van der Waals surface area contributed by atoms with Crippen molar-refractivity contribution in [3.8, 4) is 0 Å². The van der Waals surface area contributed by atoms with E-state index in [4.69, 9.17) is 5.73 Å². The van der Waals surface area contributed by atoms with Crippen LogP contribution in [0.3, 0.4) is 0 Å². The molecule has 0 amide bonds. The van der Waals surface area contributed by atoms with Gasteiger partial charge in [0.1, 0.15) is 5.69 Å². The second-order valence-electron chi connectivity index (χ2n) is 2.65. The van der Waals surface area contributed by atoms with E-state index in [1.54, 1.807) is 19.1 Å². The normalized spacial score (nSPS) is 13.4. The first-order valence-electron chi connectivity index (χ1n) is 3.73. The molecule has 0 bridgehead atoms. The lowest BCUT2D eigenvalue weighted by atomic mass is 10.3. The van der Waals surface area contributed by atoms with Gasteiger partial charge in [-0.25, -0.2) is 0 Å². The first-order chi connectivity index (χ1) is 6.09. The van der Waals surface area contributed by atoms with E-state index in [0.29, 0.717) is 5.69 Å². The molecule has 0 aliphatic carbocycles. The van der Waals surface area contributed by atoms with Crippen LogP contribution in [0.2, 0.25) is 0 Å². The minimum Gasteiger partial charge on any atom is -0.358 e. The number of H-pyrrole nitrogens is 1. The zero-order valence-electron chi connectivity index (χ0n) is 7.10. The topological polar surface area (TPSA) is 97.8 Å². The molecule has 6 nitrogen and oxygen atoms in total. The summed E-state index contributed by atoms with van der Waals surface area (Å²) in [5.41, 5.74) is 5.95. The van der Waals surface area contributed by atoms with Crippen LogP contribution < -0.4 is 5.73 Å². The molecule has 1 aromatic rings. The maximum atomic E-state index is 10.2. The molecule has 1 atom stereocenters. The number of aromatic nitrogens is 2. The molecule has 0 radical (unpaired) electrons. The van der Waals surface area contributed by atoms with Crippen LogP contribution in [0.25, 0.3) is 6.08 Å². The van der Waals surface area contributed by atoms with Gasteiger partial charge in [0.25, 0.3) is 0 Å². The number of nitrogens with zero attached hydrogens (tertiary/aromatic N) is 2. The standard InChI is InChI=1S/C7H10N4O2/c1-5(8)2-3-6-4-7(10-9-6)11(12)13/h2-5H,8H2,1H3,(H,9,10)/b3-2+. The van der Waals surface area contributed by atoms with Gasteiger partial charge in [-0.1, -0.05) is 11.2 Å². The predicted octanol–water partition coefficient (Wildman–Crippen LogP) is 0.678. The Labute approximate surface area is 74.6 Å². The molecule has 0 spiro atoms. The quantitative estimate of drug-likeness (QED) is 0.530. The van der Waals surface area contributed by atoms with Crippen LogP contribution in [0.5, 0.6) is 0 Å². The third-order valence-electron chi connectivity index (χ3n) is 1.35. The third kappa shape index (κ3) is 2.68. The minimum atomic E-state index is -0.532. The zero-order chi connectivity index (χ0) is 9.84. The van der Waals surface area contributed by atoms with E-state index >= 15 is 0 Å². The van der Waals surface area contributed by atoms with E-state index in [0.717, 1.165) is 0 Å². The summed E-state index contributed by atoms with van der Waals surface area (Å²) in [6.07, 6.45) is 3.34. The van der Waals surface area contributed by atoms with Crippen LogP contribution in [0, 0.1) is 10.1 Å². The molecule has 1 unspecified atom stereocenters.